The number of aromatic carboxylic acids is 1. The van der Waals surface area contributed by atoms with Gasteiger partial charge in [0.15, 0.2) is 0 Å². The fourth-order valence-electron chi connectivity index (χ4n) is 2.69. The largest absolute Gasteiger partial charge is 0.477 e. The Balaban J connectivity index is 2.17. The molecule has 138 valence electrons. The van der Waals surface area contributed by atoms with Crippen LogP contribution in [0.4, 0.5) is 11.4 Å². The monoisotopic (exact) mass is 390 g/mol. The molecule has 3 rings (SSSR count). The van der Waals surface area contributed by atoms with Gasteiger partial charge in [0, 0.05) is 22.7 Å². The average molecular weight is 390 g/mol. The second-order valence-electron chi connectivity index (χ2n) is 5.69. The zero-order valence-corrected chi connectivity index (χ0v) is 15.3. The van der Waals surface area contributed by atoms with Crippen molar-refractivity contribution in [3.8, 4) is 6.07 Å². The van der Waals surface area contributed by atoms with Gasteiger partial charge in [0.2, 0.25) is 0 Å². The van der Waals surface area contributed by atoms with E-state index in [1.807, 2.05) is 6.07 Å². The van der Waals surface area contributed by atoms with E-state index in [0.717, 1.165) is 11.3 Å². The van der Waals surface area contributed by atoms with E-state index in [2.05, 4.69) is 16.9 Å². The second-order valence-corrected chi connectivity index (χ2v) is 6.60. The van der Waals surface area contributed by atoms with E-state index < -0.39 is 11.5 Å². The van der Waals surface area contributed by atoms with Crippen LogP contribution in [0.15, 0.2) is 53.3 Å². The number of aromatic amines is 1. The average Bonchev–Trinajstić information content (AvgIpc) is 3.18. The summed E-state index contributed by atoms with van der Waals surface area (Å²) in [5, 5.41) is 31.7. The lowest BCUT2D eigenvalue weighted by atomic mass is 9.94. The summed E-state index contributed by atoms with van der Waals surface area (Å²) in [7, 11) is 0. The van der Waals surface area contributed by atoms with Crippen LogP contribution in [0.3, 0.4) is 0 Å². The van der Waals surface area contributed by atoms with E-state index in [9.17, 15) is 14.9 Å². The minimum atomic E-state index is -1.08. The molecule has 7 nitrogen and oxygen atoms in total. The predicted octanol–water partition coefficient (Wildman–Crippen LogP) is 3.81. The van der Waals surface area contributed by atoms with Crippen LogP contribution in [0.25, 0.3) is 6.08 Å². The molecule has 0 aliphatic rings. The first-order valence-electron chi connectivity index (χ1n) is 8.01. The van der Waals surface area contributed by atoms with Crippen LogP contribution >= 0.6 is 11.3 Å². The molecule has 28 heavy (non-hydrogen) atoms. The van der Waals surface area contributed by atoms with Gasteiger partial charge in [-0.2, -0.15) is 5.26 Å². The van der Waals surface area contributed by atoms with Gasteiger partial charge in [-0.05, 0) is 11.6 Å². The highest BCUT2D eigenvalue weighted by Crippen LogP contribution is 2.27. The second kappa shape index (κ2) is 7.73. The minimum absolute atomic E-state index is 0.00217. The molecule has 4 N–H and O–H groups in total. The van der Waals surface area contributed by atoms with Crippen LogP contribution in [0, 0.1) is 16.7 Å². The number of rotatable bonds is 6. The molecule has 0 aliphatic carbocycles. The van der Waals surface area contributed by atoms with Gasteiger partial charge in [0.1, 0.15) is 16.6 Å². The maximum absolute atomic E-state index is 12.5. The first-order valence-corrected chi connectivity index (χ1v) is 8.89. The molecule has 0 spiro atoms. The number of pyridine rings is 1. The van der Waals surface area contributed by atoms with E-state index >= 15 is 0 Å². The summed E-state index contributed by atoms with van der Waals surface area (Å²) in [5.74, 6) is -1.08. The first kappa shape index (κ1) is 18.8. The molecule has 0 unspecified atom stereocenters. The van der Waals surface area contributed by atoms with Gasteiger partial charge in [-0.25, -0.2) is 4.79 Å². The number of carbonyl (C=O) groups is 1. The SMILES string of the molecule is C=Cc1ccccc1C(=N)c1c(C#N)c[nH]c(=O)c1Nc1csc(C(=O)O)c1. The molecule has 0 atom stereocenters. The summed E-state index contributed by atoms with van der Waals surface area (Å²) in [6.07, 6.45) is 2.85. The number of nitrogens with zero attached hydrogens (tertiary/aromatic N) is 1. The molecule has 3 aromatic rings. The molecule has 0 bridgehead atoms. The normalized spacial score (nSPS) is 10.1. The lowest BCUT2D eigenvalue weighted by Gasteiger charge is -2.14. The topological polar surface area (TPSA) is 130 Å². The maximum atomic E-state index is 12.5. The van der Waals surface area contributed by atoms with Gasteiger partial charge < -0.3 is 15.4 Å². The standard InChI is InChI=1S/C20H14N4O3S/c1-2-11-5-3-4-6-14(11)17(22)16-12(8-21)9-23-19(25)18(16)24-13-7-15(20(26)27)28-10-13/h2-7,9-10,22,24H,1H2,(H,23,25)(H,26,27). The number of carboxylic acid groups (broad SMARTS) is 1. The van der Waals surface area contributed by atoms with Crippen molar-refractivity contribution in [2.75, 3.05) is 5.32 Å². The molecule has 0 fully saturated rings. The van der Waals surface area contributed by atoms with Crippen LogP contribution in [0.5, 0.6) is 0 Å². The van der Waals surface area contributed by atoms with Gasteiger partial charge in [-0.1, -0.05) is 36.9 Å². The molecule has 8 heteroatoms. The lowest BCUT2D eigenvalue weighted by molar-refractivity contribution is 0.0702. The fourth-order valence-corrected chi connectivity index (χ4v) is 3.37. The highest BCUT2D eigenvalue weighted by Gasteiger charge is 2.20. The third-order valence-electron chi connectivity index (χ3n) is 3.99. The van der Waals surface area contributed by atoms with Crippen molar-refractivity contribution in [3.05, 3.63) is 86.0 Å². The van der Waals surface area contributed by atoms with Gasteiger partial charge in [0.05, 0.1) is 17.0 Å². The van der Waals surface area contributed by atoms with Gasteiger partial charge in [0.25, 0.3) is 5.56 Å². The molecule has 0 saturated heterocycles. The third kappa shape index (κ3) is 3.47. The number of nitrogens with one attached hydrogen (secondary N) is 3. The van der Waals surface area contributed by atoms with Crippen molar-refractivity contribution in [2.24, 2.45) is 0 Å². The molecule has 2 aromatic heterocycles. The zero-order chi connectivity index (χ0) is 20.3. The number of H-pyrrole nitrogens is 1. The van der Waals surface area contributed by atoms with Crippen molar-refractivity contribution in [3.63, 3.8) is 0 Å². The molecular formula is C20H14N4O3S. The van der Waals surface area contributed by atoms with Crippen molar-refractivity contribution in [1.29, 1.82) is 10.7 Å². The maximum Gasteiger partial charge on any atom is 0.345 e. The van der Waals surface area contributed by atoms with Gasteiger partial charge >= 0.3 is 5.97 Å². The molecule has 2 heterocycles. The number of thiophene rings is 1. The Morgan fingerprint density at radius 3 is 2.79 bits per heavy atom. The van der Waals surface area contributed by atoms with Crippen LogP contribution in [-0.4, -0.2) is 21.8 Å². The summed E-state index contributed by atoms with van der Waals surface area (Å²) >= 11 is 1.00. The Kier molecular flexibility index (Phi) is 5.20. The van der Waals surface area contributed by atoms with Gasteiger partial charge in [-0.3, -0.25) is 10.2 Å². The van der Waals surface area contributed by atoms with Crippen LogP contribution in [0.2, 0.25) is 0 Å². The van der Waals surface area contributed by atoms with Crippen LogP contribution in [0.1, 0.15) is 31.9 Å². The Bertz CT molecular complexity index is 1200. The van der Waals surface area contributed by atoms with Crippen molar-refractivity contribution >= 4 is 40.5 Å². The minimum Gasteiger partial charge on any atom is -0.477 e. The molecular weight excluding hydrogens is 376 g/mol. The first-order chi connectivity index (χ1) is 13.5. The van der Waals surface area contributed by atoms with Crippen molar-refractivity contribution < 1.29 is 9.90 Å². The summed E-state index contributed by atoms with van der Waals surface area (Å²) in [5.41, 5.74) is 1.27. The summed E-state index contributed by atoms with van der Waals surface area (Å²) in [4.78, 5) is 26.2. The molecule has 0 radical (unpaired) electrons. The Morgan fingerprint density at radius 2 is 2.14 bits per heavy atom. The highest BCUT2D eigenvalue weighted by atomic mass is 32.1. The number of hydrogen-bond acceptors (Lipinski definition) is 6. The fraction of sp³-hybridized carbons (Fsp3) is 0. The van der Waals surface area contributed by atoms with Crippen molar-refractivity contribution in [1.82, 2.24) is 4.98 Å². The number of aromatic nitrogens is 1. The van der Waals surface area contributed by atoms with Crippen molar-refractivity contribution in [2.45, 2.75) is 0 Å². The zero-order valence-electron chi connectivity index (χ0n) is 14.4. The van der Waals surface area contributed by atoms with Gasteiger partial charge in [-0.15, -0.1) is 11.3 Å². The van der Waals surface area contributed by atoms with E-state index in [-0.39, 0.29) is 27.4 Å². The molecule has 0 aliphatic heterocycles. The third-order valence-corrected chi connectivity index (χ3v) is 4.91. The predicted molar refractivity (Wildman–Crippen MR) is 109 cm³/mol. The Morgan fingerprint density at radius 1 is 1.39 bits per heavy atom. The summed E-state index contributed by atoms with van der Waals surface area (Å²) < 4.78 is 0. The number of carboxylic acids is 1. The van der Waals surface area contributed by atoms with E-state index in [1.165, 1.54) is 12.3 Å². The molecule has 1 aromatic carbocycles. The number of anilines is 2. The summed E-state index contributed by atoms with van der Waals surface area (Å²) in [6, 6.07) is 10.4. The Hall–Kier alpha value is -3.96. The van der Waals surface area contributed by atoms with E-state index in [1.54, 1.807) is 35.7 Å². The van der Waals surface area contributed by atoms with E-state index in [0.29, 0.717) is 16.8 Å². The van der Waals surface area contributed by atoms with E-state index in [4.69, 9.17) is 10.5 Å². The lowest BCUT2D eigenvalue weighted by Crippen LogP contribution is -2.19. The van der Waals surface area contributed by atoms with Crippen LogP contribution < -0.4 is 10.9 Å². The quantitative estimate of drug-likeness (QED) is 0.476. The van der Waals surface area contributed by atoms with Crippen LogP contribution in [-0.2, 0) is 0 Å². The number of hydrogen-bond donors (Lipinski definition) is 4. The number of benzene rings is 1. The Labute approximate surface area is 163 Å². The summed E-state index contributed by atoms with van der Waals surface area (Å²) in [6.45, 7) is 3.74. The smallest absolute Gasteiger partial charge is 0.345 e. The number of nitriles is 1. The molecule has 0 saturated carbocycles. The molecule has 0 amide bonds. The highest BCUT2D eigenvalue weighted by molar-refractivity contribution is 7.12.